The molecule has 0 bridgehead atoms. The fraction of sp³-hybridized carbons (Fsp3) is 0.455. The average Bonchev–Trinajstić information content (AvgIpc) is 2.18. The number of hydrogen-bond donors (Lipinski definition) is 1. The first-order chi connectivity index (χ1) is 7.83. The second-order valence-electron chi connectivity index (χ2n) is 4.40. The Labute approximate surface area is 110 Å². The number of nitrogens with zero attached hydrogens (tertiary/aromatic N) is 1. The van der Waals surface area contributed by atoms with Crippen LogP contribution in [0.25, 0.3) is 0 Å². The Bertz CT molecular complexity index is 416. The summed E-state index contributed by atoms with van der Waals surface area (Å²) in [5.41, 5.74) is 0.510. The minimum absolute atomic E-state index is 0.189. The zero-order chi connectivity index (χ0) is 13.1. The van der Waals surface area contributed by atoms with Gasteiger partial charge in [-0.15, -0.1) is 11.6 Å². The monoisotopic (exact) mass is 276 g/mol. The molecule has 6 heteroatoms. The number of rotatable bonds is 2. The normalized spacial score (nSPS) is 11.1. The van der Waals surface area contributed by atoms with Gasteiger partial charge in [0.2, 0.25) is 0 Å². The Kier molecular flexibility index (Phi) is 4.60. The number of alkyl halides is 1. The van der Waals surface area contributed by atoms with Gasteiger partial charge in [0.1, 0.15) is 5.60 Å². The summed E-state index contributed by atoms with van der Waals surface area (Å²) in [6.45, 7) is 5.33. The van der Waals surface area contributed by atoms with Crippen LogP contribution in [0.1, 0.15) is 26.3 Å². The van der Waals surface area contributed by atoms with Crippen molar-refractivity contribution < 1.29 is 9.53 Å². The van der Waals surface area contributed by atoms with Gasteiger partial charge < -0.3 is 4.74 Å². The van der Waals surface area contributed by atoms with E-state index in [1.54, 1.807) is 26.8 Å². The summed E-state index contributed by atoms with van der Waals surface area (Å²) in [7, 11) is 0. The van der Waals surface area contributed by atoms with E-state index >= 15 is 0 Å². The molecule has 1 aromatic heterocycles. The van der Waals surface area contributed by atoms with Crippen LogP contribution in [-0.2, 0) is 10.6 Å². The van der Waals surface area contributed by atoms with Crippen molar-refractivity contribution in [1.29, 1.82) is 0 Å². The SMILES string of the molecule is CC(C)(C)OC(=O)Nc1c(CCl)ccnc1Cl. The maximum Gasteiger partial charge on any atom is 0.412 e. The van der Waals surface area contributed by atoms with Gasteiger partial charge >= 0.3 is 6.09 Å². The van der Waals surface area contributed by atoms with Crippen LogP contribution in [-0.4, -0.2) is 16.7 Å². The van der Waals surface area contributed by atoms with Gasteiger partial charge in [-0.3, -0.25) is 5.32 Å². The molecular formula is C11H14Cl2N2O2. The van der Waals surface area contributed by atoms with Crippen molar-refractivity contribution in [3.05, 3.63) is 23.0 Å². The van der Waals surface area contributed by atoms with E-state index in [0.29, 0.717) is 11.3 Å². The molecule has 0 aliphatic heterocycles. The van der Waals surface area contributed by atoms with E-state index in [4.69, 9.17) is 27.9 Å². The number of pyridine rings is 1. The van der Waals surface area contributed by atoms with Crippen molar-refractivity contribution in [2.24, 2.45) is 0 Å². The number of carbonyl (C=O) groups excluding carboxylic acids is 1. The molecule has 0 fully saturated rings. The van der Waals surface area contributed by atoms with E-state index in [9.17, 15) is 4.79 Å². The molecule has 0 saturated carbocycles. The molecule has 17 heavy (non-hydrogen) atoms. The van der Waals surface area contributed by atoms with Crippen LogP contribution in [0.3, 0.4) is 0 Å². The fourth-order valence-electron chi connectivity index (χ4n) is 1.12. The number of hydrogen-bond acceptors (Lipinski definition) is 3. The van der Waals surface area contributed by atoms with Gasteiger partial charge in [-0.1, -0.05) is 11.6 Å². The highest BCUT2D eigenvalue weighted by Gasteiger charge is 2.18. The lowest BCUT2D eigenvalue weighted by atomic mass is 10.2. The molecular weight excluding hydrogens is 263 g/mol. The van der Waals surface area contributed by atoms with E-state index < -0.39 is 11.7 Å². The first-order valence-electron chi connectivity index (χ1n) is 5.03. The summed E-state index contributed by atoms with van der Waals surface area (Å²) in [6, 6.07) is 1.69. The third-order valence-electron chi connectivity index (χ3n) is 1.76. The van der Waals surface area contributed by atoms with Gasteiger partial charge in [0.25, 0.3) is 0 Å². The number of aromatic nitrogens is 1. The maximum atomic E-state index is 11.6. The van der Waals surface area contributed by atoms with Gasteiger partial charge in [0.05, 0.1) is 5.69 Å². The Hall–Kier alpha value is -1.00. The maximum absolute atomic E-state index is 11.6. The second kappa shape index (κ2) is 5.56. The fourth-order valence-corrected chi connectivity index (χ4v) is 1.57. The Morgan fingerprint density at radius 1 is 1.53 bits per heavy atom. The molecule has 1 rings (SSSR count). The van der Waals surface area contributed by atoms with Crippen LogP contribution in [0.15, 0.2) is 12.3 Å². The van der Waals surface area contributed by atoms with Crippen molar-refractivity contribution in [3.63, 3.8) is 0 Å². The quantitative estimate of drug-likeness (QED) is 0.660. The van der Waals surface area contributed by atoms with Crippen LogP contribution in [0, 0.1) is 0 Å². The minimum atomic E-state index is -0.584. The third-order valence-corrected chi connectivity index (χ3v) is 2.34. The summed E-state index contributed by atoms with van der Waals surface area (Å²) in [4.78, 5) is 15.5. The highest BCUT2D eigenvalue weighted by atomic mass is 35.5. The molecule has 94 valence electrons. The van der Waals surface area contributed by atoms with Crippen LogP contribution in [0.4, 0.5) is 10.5 Å². The van der Waals surface area contributed by atoms with Crippen LogP contribution < -0.4 is 5.32 Å². The first-order valence-corrected chi connectivity index (χ1v) is 5.94. The molecule has 1 N–H and O–H groups in total. The third kappa shape index (κ3) is 4.40. The van der Waals surface area contributed by atoms with Crippen LogP contribution in [0.2, 0.25) is 5.15 Å². The largest absolute Gasteiger partial charge is 0.444 e. The standard InChI is InChI=1S/C11H14Cl2N2O2/c1-11(2,3)17-10(16)15-8-7(6-12)4-5-14-9(8)13/h4-5H,6H2,1-3H3,(H,15,16). The van der Waals surface area contributed by atoms with Crippen molar-refractivity contribution in [2.45, 2.75) is 32.3 Å². The van der Waals surface area contributed by atoms with Gasteiger partial charge in [0.15, 0.2) is 5.15 Å². The summed E-state index contributed by atoms with van der Waals surface area (Å²) < 4.78 is 5.12. The molecule has 0 unspecified atom stereocenters. The zero-order valence-corrected chi connectivity index (χ0v) is 11.4. The van der Waals surface area contributed by atoms with E-state index in [1.807, 2.05) is 0 Å². The minimum Gasteiger partial charge on any atom is -0.444 e. The molecule has 0 aliphatic rings. The van der Waals surface area contributed by atoms with E-state index in [2.05, 4.69) is 10.3 Å². The van der Waals surface area contributed by atoms with Crippen molar-refractivity contribution in [3.8, 4) is 0 Å². The van der Waals surface area contributed by atoms with E-state index in [1.165, 1.54) is 6.20 Å². The lowest BCUT2D eigenvalue weighted by Gasteiger charge is -2.20. The molecule has 0 aliphatic carbocycles. The number of anilines is 1. The number of nitrogens with one attached hydrogen (secondary N) is 1. The summed E-state index contributed by atoms with van der Waals surface area (Å²) >= 11 is 11.6. The highest BCUT2D eigenvalue weighted by molar-refractivity contribution is 6.32. The van der Waals surface area contributed by atoms with E-state index in [-0.39, 0.29) is 11.0 Å². The highest BCUT2D eigenvalue weighted by Crippen LogP contribution is 2.25. The second-order valence-corrected chi connectivity index (χ2v) is 5.02. The number of amides is 1. The van der Waals surface area contributed by atoms with Gasteiger partial charge in [0, 0.05) is 12.1 Å². The number of ether oxygens (including phenoxy) is 1. The first kappa shape index (κ1) is 14.1. The molecule has 0 atom stereocenters. The molecule has 1 amide bonds. The van der Waals surface area contributed by atoms with Crippen molar-refractivity contribution >= 4 is 35.0 Å². The predicted octanol–water partition coefficient (Wildman–Crippen LogP) is 3.82. The Morgan fingerprint density at radius 2 is 2.18 bits per heavy atom. The smallest absolute Gasteiger partial charge is 0.412 e. The summed E-state index contributed by atoms with van der Waals surface area (Å²) in [6.07, 6.45) is 0.944. The van der Waals surface area contributed by atoms with Crippen molar-refractivity contribution in [1.82, 2.24) is 4.98 Å². The summed E-state index contributed by atoms with van der Waals surface area (Å²) in [5, 5.41) is 2.74. The molecule has 1 aromatic rings. The van der Waals surface area contributed by atoms with Gasteiger partial charge in [-0.25, -0.2) is 9.78 Å². The van der Waals surface area contributed by atoms with Crippen LogP contribution in [0.5, 0.6) is 0 Å². The molecule has 1 heterocycles. The Morgan fingerprint density at radius 3 is 2.71 bits per heavy atom. The van der Waals surface area contributed by atoms with Crippen LogP contribution >= 0.6 is 23.2 Å². The predicted molar refractivity (Wildman–Crippen MR) is 68.7 cm³/mol. The summed E-state index contributed by atoms with van der Waals surface area (Å²) in [5.74, 6) is 0.230. The van der Waals surface area contributed by atoms with Gasteiger partial charge in [-0.05, 0) is 32.4 Å². The molecule has 0 aromatic carbocycles. The molecule has 0 spiro atoms. The average molecular weight is 277 g/mol. The molecule has 4 nitrogen and oxygen atoms in total. The molecule has 0 radical (unpaired) electrons. The topological polar surface area (TPSA) is 51.2 Å². The van der Waals surface area contributed by atoms with Crippen molar-refractivity contribution in [2.75, 3.05) is 5.32 Å². The van der Waals surface area contributed by atoms with Gasteiger partial charge in [-0.2, -0.15) is 0 Å². The zero-order valence-electron chi connectivity index (χ0n) is 9.88. The number of halogens is 2. The van der Waals surface area contributed by atoms with E-state index in [0.717, 1.165) is 0 Å². The Balaban J connectivity index is 2.84. The number of carbonyl (C=O) groups is 1. The lowest BCUT2D eigenvalue weighted by molar-refractivity contribution is 0.0635. The molecule has 0 saturated heterocycles. The lowest BCUT2D eigenvalue weighted by Crippen LogP contribution is -2.27.